The van der Waals surface area contributed by atoms with Crippen molar-refractivity contribution in [3.63, 3.8) is 0 Å². The lowest BCUT2D eigenvalue weighted by Crippen LogP contribution is -2.37. The van der Waals surface area contributed by atoms with Gasteiger partial charge in [0.2, 0.25) is 0 Å². The maximum Gasteiger partial charge on any atom is 0.118 e. The summed E-state index contributed by atoms with van der Waals surface area (Å²) in [5.74, 6) is 3.54. The molecule has 104 valence electrons. The summed E-state index contributed by atoms with van der Waals surface area (Å²) in [6, 6.07) is 4.48. The van der Waals surface area contributed by atoms with Crippen LogP contribution >= 0.6 is 11.8 Å². The predicted octanol–water partition coefficient (Wildman–Crippen LogP) is 3.29. The molecule has 0 radical (unpaired) electrons. The summed E-state index contributed by atoms with van der Waals surface area (Å²) < 4.78 is 11.2. The normalized spacial score (nSPS) is 13.2. The SMILES string of the molecule is CCOCC(NCc1ccc(CSC)o1)C(C)C. The van der Waals surface area contributed by atoms with Gasteiger partial charge in [-0.15, -0.1) is 0 Å². The number of ether oxygens (including phenoxy) is 1. The molecule has 0 bridgehead atoms. The van der Waals surface area contributed by atoms with Gasteiger partial charge in [-0.25, -0.2) is 0 Å². The third-order valence-corrected chi connectivity index (χ3v) is 3.42. The van der Waals surface area contributed by atoms with Gasteiger partial charge >= 0.3 is 0 Å². The largest absolute Gasteiger partial charge is 0.464 e. The molecule has 0 fully saturated rings. The zero-order valence-corrected chi connectivity index (χ0v) is 12.7. The van der Waals surface area contributed by atoms with Crippen LogP contribution in [0, 0.1) is 5.92 Å². The fourth-order valence-corrected chi connectivity index (χ4v) is 2.14. The molecule has 1 aromatic heterocycles. The van der Waals surface area contributed by atoms with Crippen molar-refractivity contribution in [1.82, 2.24) is 5.32 Å². The molecule has 1 rings (SSSR count). The van der Waals surface area contributed by atoms with Crippen LogP contribution in [0.25, 0.3) is 0 Å². The first-order valence-corrected chi connectivity index (χ1v) is 7.94. The topological polar surface area (TPSA) is 34.4 Å². The Hall–Kier alpha value is -0.450. The Morgan fingerprint density at radius 3 is 2.67 bits per heavy atom. The van der Waals surface area contributed by atoms with Gasteiger partial charge < -0.3 is 14.5 Å². The highest BCUT2D eigenvalue weighted by Crippen LogP contribution is 2.14. The van der Waals surface area contributed by atoms with Crippen molar-refractivity contribution in [1.29, 1.82) is 0 Å². The van der Waals surface area contributed by atoms with E-state index in [4.69, 9.17) is 9.15 Å². The average Bonchev–Trinajstić information content (AvgIpc) is 2.77. The van der Waals surface area contributed by atoms with Crippen molar-refractivity contribution in [2.75, 3.05) is 19.5 Å². The third-order valence-electron chi connectivity index (χ3n) is 2.85. The zero-order chi connectivity index (χ0) is 13.4. The summed E-state index contributed by atoms with van der Waals surface area (Å²) in [5, 5.41) is 3.50. The minimum Gasteiger partial charge on any atom is -0.464 e. The molecule has 1 atom stereocenters. The number of hydrogen-bond acceptors (Lipinski definition) is 4. The molecule has 0 aliphatic carbocycles. The molecule has 3 nitrogen and oxygen atoms in total. The third kappa shape index (κ3) is 5.46. The van der Waals surface area contributed by atoms with E-state index in [2.05, 4.69) is 37.6 Å². The summed E-state index contributed by atoms with van der Waals surface area (Å²) in [5.41, 5.74) is 0. The van der Waals surface area contributed by atoms with Crippen molar-refractivity contribution in [3.05, 3.63) is 23.7 Å². The standard InChI is InChI=1S/C14H25NO2S/c1-5-16-9-14(11(2)3)15-8-12-6-7-13(17-12)10-18-4/h6-7,11,14-15H,5,8-10H2,1-4H3. The van der Waals surface area contributed by atoms with Crippen molar-refractivity contribution in [2.45, 2.75) is 39.1 Å². The fraction of sp³-hybridized carbons (Fsp3) is 0.714. The molecule has 0 amide bonds. The van der Waals surface area contributed by atoms with Crippen LogP contribution in [-0.2, 0) is 17.0 Å². The van der Waals surface area contributed by atoms with E-state index in [9.17, 15) is 0 Å². The van der Waals surface area contributed by atoms with Gasteiger partial charge in [-0.1, -0.05) is 13.8 Å². The van der Waals surface area contributed by atoms with Crippen LogP contribution in [0.3, 0.4) is 0 Å². The van der Waals surface area contributed by atoms with Crippen LogP contribution in [-0.4, -0.2) is 25.5 Å². The minimum absolute atomic E-state index is 0.374. The van der Waals surface area contributed by atoms with Crippen LogP contribution in [0.2, 0.25) is 0 Å². The quantitative estimate of drug-likeness (QED) is 0.747. The molecule has 0 aromatic carbocycles. The highest BCUT2D eigenvalue weighted by Gasteiger charge is 2.13. The lowest BCUT2D eigenvalue weighted by molar-refractivity contribution is 0.107. The molecule has 0 aliphatic rings. The highest BCUT2D eigenvalue weighted by molar-refractivity contribution is 7.97. The van der Waals surface area contributed by atoms with Gasteiger partial charge in [0.05, 0.1) is 18.9 Å². The van der Waals surface area contributed by atoms with Crippen molar-refractivity contribution in [2.24, 2.45) is 5.92 Å². The zero-order valence-electron chi connectivity index (χ0n) is 11.9. The van der Waals surface area contributed by atoms with Gasteiger partial charge in [0.25, 0.3) is 0 Å². The van der Waals surface area contributed by atoms with E-state index >= 15 is 0 Å². The first-order valence-electron chi connectivity index (χ1n) is 6.55. The van der Waals surface area contributed by atoms with Crippen molar-refractivity contribution >= 4 is 11.8 Å². The first kappa shape index (κ1) is 15.6. The van der Waals surface area contributed by atoms with Crippen LogP contribution < -0.4 is 5.32 Å². The minimum atomic E-state index is 0.374. The highest BCUT2D eigenvalue weighted by atomic mass is 32.2. The smallest absolute Gasteiger partial charge is 0.118 e. The number of nitrogens with one attached hydrogen (secondary N) is 1. The molecule has 4 heteroatoms. The molecular weight excluding hydrogens is 246 g/mol. The molecule has 18 heavy (non-hydrogen) atoms. The van der Waals surface area contributed by atoms with E-state index < -0.39 is 0 Å². The molecule has 0 aliphatic heterocycles. The Labute approximate surface area is 115 Å². The first-order chi connectivity index (χ1) is 8.67. The second-order valence-electron chi connectivity index (χ2n) is 4.69. The lowest BCUT2D eigenvalue weighted by Gasteiger charge is -2.21. The van der Waals surface area contributed by atoms with Crippen LogP contribution in [0.1, 0.15) is 32.3 Å². The number of furan rings is 1. The maximum absolute atomic E-state index is 5.73. The van der Waals surface area contributed by atoms with Crippen LogP contribution in [0.4, 0.5) is 0 Å². The second kappa shape index (κ2) is 8.62. The molecule has 1 unspecified atom stereocenters. The second-order valence-corrected chi connectivity index (χ2v) is 5.56. The summed E-state index contributed by atoms with van der Waals surface area (Å²) in [6.07, 6.45) is 2.08. The Morgan fingerprint density at radius 2 is 2.06 bits per heavy atom. The summed E-state index contributed by atoms with van der Waals surface area (Å²) >= 11 is 1.77. The summed E-state index contributed by atoms with van der Waals surface area (Å²) in [4.78, 5) is 0. The van der Waals surface area contributed by atoms with Crippen LogP contribution in [0.5, 0.6) is 0 Å². The van der Waals surface area contributed by atoms with Crippen molar-refractivity contribution < 1.29 is 9.15 Å². The predicted molar refractivity (Wildman–Crippen MR) is 77.9 cm³/mol. The number of thioether (sulfide) groups is 1. The van der Waals surface area contributed by atoms with Gasteiger partial charge in [0.15, 0.2) is 0 Å². The summed E-state index contributed by atoms with van der Waals surface area (Å²) in [6.45, 7) is 8.73. The van der Waals surface area contributed by atoms with E-state index in [0.29, 0.717) is 12.0 Å². The molecule has 0 spiro atoms. The molecule has 1 aromatic rings. The number of hydrogen-bond donors (Lipinski definition) is 1. The van der Waals surface area contributed by atoms with E-state index in [0.717, 1.165) is 37.0 Å². The Balaban J connectivity index is 2.40. The molecule has 0 saturated carbocycles. The Morgan fingerprint density at radius 1 is 1.33 bits per heavy atom. The van der Waals surface area contributed by atoms with Crippen LogP contribution in [0.15, 0.2) is 16.5 Å². The fourth-order valence-electron chi connectivity index (χ4n) is 1.70. The summed E-state index contributed by atoms with van der Waals surface area (Å²) in [7, 11) is 0. The maximum atomic E-state index is 5.73. The average molecular weight is 271 g/mol. The molecule has 1 heterocycles. The van der Waals surface area contributed by atoms with Gasteiger partial charge in [-0.2, -0.15) is 11.8 Å². The van der Waals surface area contributed by atoms with E-state index in [-0.39, 0.29) is 0 Å². The van der Waals surface area contributed by atoms with Crippen molar-refractivity contribution in [3.8, 4) is 0 Å². The van der Waals surface area contributed by atoms with Gasteiger partial charge in [-0.05, 0) is 31.2 Å². The van der Waals surface area contributed by atoms with E-state index in [1.807, 2.05) is 6.92 Å². The van der Waals surface area contributed by atoms with E-state index in [1.54, 1.807) is 11.8 Å². The monoisotopic (exact) mass is 271 g/mol. The van der Waals surface area contributed by atoms with Gasteiger partial charge in [0, 0.05) is 12.6 Å². The molecular formula is C14H25NO2S. The van der Waals surface area contributed by atoms with Gasteiger partial charge in [0.1, 0.15) is 11.5 Å². The Kier molecular flexibility index (Phi) is 7.47. The van der Waals surface area contributed by atoms with E-state index in [1.165, 1.54) is 0 Å². The Bertz CT molecular complexity index is 325. The molecule has 0 saturated heterocycles. The van der Waals surface area contributed by atoms with Gasteiger partial charge in [-0.3, -0.25) is 0 Å². The lowest BCUT2D eigenvalue weighted by atomic mass is 10.1. The molecule has 1 N–H and O–H groups in total. The number of rotatable bonds is 9.